The van der Waals surface area contributed by atoms with Crippen molar-refractivity contribution in [2.24, 2.45) is 0 Å². The maximum Gasteiger partial charge on any atom is 0.0407 e. The molecule has 1 aromatic rings. The molecule has 1 aliphatic heterocycles. The second-order valence-corrected chi connectivity index (χ2v) is 10.9. The van der Waals surface area contributed by atoms with Crippen molar-refractivity contribution in [1.29, 1.82) is 0 Å². The van der Waals surface area contributed by atoms with Crippen molar-refractivity contribution in [2.45, 2.75) is 149 Å². The second kappa shape index (κ2) is 16.4. The molecule has 1 aliphatic rings. The number of benzene rings is 1. The summed E-state index contributed by atoms with van der Waals surface area (Å²) >= 11 is 0. The number of hydrogen-bond acceptors (Lipinski definition) is 1. The summed E-state index contributed by atoms with van der Waals surface area (Å²) in [5.74, 6) is 0. The van der Waals surface area contributed by atoms with Crippen molar-refractivity contribution in [3.8, 4) is 0 Å². The third-order valence-corrected chi connectivity index (χ3v) is 7.92. The number of halogens is 1. The highest BCUT2D eigenvalue weighted by Gasteiger charge is 2.41. The molecule has 2 rings (SSSR count). The number of nitrogens with zero attached hydrogens (tertiary/aromatic N) is 1. The molecule has 0 spiro atoms. The fourth-order valence-electron chi connectivity index (χ4n) is 5.38. The molecule has 0 amide bonds. The number of hydrogen-bond donors (Lipinski definition) is 0. The highest BCUT2D eigenvalue weighted by Crippen LogP contribution is 2.45. The van der Waals surface area contributed by atoms with E-state index in [9.17, 15) is 0 Å². The first-order valence-corrected chi connectivity index (χ1v) is 13.9. The first kappa shape index (κ1) is 29.8. The van der Waals surface area contributed by atoms with Crippen LogP contribution in [0.25, 0.3) is 0 Å². The third kappa shape index (κ3) is 9.55. The maximum atomic E-state index is 2.68. The van der Waals surface area contributed by atoms with E-state index in [0.29, 0.717) is 6.04 Å². The third-order valence-electron chi connectivity index (χ3n) is 7.92. The van der Waals surface area contributed by atoms with E-state index in [2.05, 4.69) is 57.7 Å². The minimum Gasteiger partial charge on any atom is -0.368 e. The average Bonchev–Trinajstić information content (AvgIpc) is 2.93. The molecule has 2 heteroatoms. The predicted molar refractivity (Wildman–Crippen MR) is 156 cm³/mol. The molecular formula is C30H54IN. The van der Waals surface area contributed by atoms with Crippen LogP contribution in [0.1, 0.15) is 142 Å². The van der Waals surface area contributed by atoms with Gasteiger partial charge in [-0.2, -0.15) is 0 Å². The van der Waals surface area contributed by atoms with Crippen LogP contribution in [-0.4, -0.2) is 12.6 Å². The van der Waals surface area contributed by atoms with Crippen molar-refractivity contribution in [3.63, 3.8) is 0 Å². The van der Waals surface area contributed by atoms with Gasteiger partial charge in [0.05, 0.1) is 0 Å². The van der Waals surface area contributed by atoms with Gasteiger partial charge in [-0.15, -0.1) is 24.0 Å². The van der Waals surface area contributed by atoms with E-state index in [1.54, 1.807) is 5.56 Å². The lowest BCUT2D eigenvalue weighted by atomic mass is 9.81. The molecule has 0 N–H and O–H groups in total. The summed E-state index contributed by atoms with van der Waals surface area (Å²) in [6, 6.07) is 7.66. The van der Waals surface area contributed by atoms with Gasteiger partial charge in [0, 0.05) is 23.7 Å². The largest absolute Gasteiger partial charge is 0.368 e. The molecule has 0 radical (unpaired) electrons. The van der Waals surface area contributed by atoms with Crippen LogP contribution < -0.4 is 4.90 Å². The van der Waals surface area contributed by atoms with Gasteiger partial charge in [0.15, 0.2) is 0 Å². The first-order valence-electron chi connectivity index (χ1n) is 13.9. The Morgan fingerprint density at radius 3 is 1.62 bits per heavy atom. The highest BCUT2D eigenvalue weighted by molar-refractivity contribution is 14.0. The second-order valence-electron chi connectivity index (χ2n) is 10.9. The Kier molecular flexibility index (Phi) is 15.3. The average molecular weight is 556 g/mol. The number of aryl methyl sites for hydroxylation is 1. The van der Waals surface area contributed by atoms with Crippen LogP contribution in [0.3, 0.4) is 0 Å². The van der Waals surface area contributed by atoms with Crippen molar-refractivity contribution >= 4 is 29.7 Å². The van der Waals surface area contributed by atoms with Crippen LogP contribution in [0.4, 0.5) is 5.69 Å². The van der Waals surface area contributed by atoms with Crippen molar-refractivity contribution < 1.29 is 0 Å². The van der Waals surface area contributed by atoms with Gasteiger partial charge in [0.25, 0.3) is 0 Å². The quantitative estimate of drug-likeness (QED) is 0.137. The summed E-state index contributed by atoms with van der Waals surface area (Å²) in [4.78, 5) is 2.68. The molecule has 0 aromatic heterocycles. The molecule has 1 heterocycles. The Hall–Kier alpha value is -0.250. The first-order chi connectivity index (χ1) is 15.0. The summed E-state index contributed by atoms with van der Waals surface area (Å²) in [6.45, 7) is 13.0. The SMILES string of the molecule is CCCCCCCCCCCCCCCCCCN1c2ccc(C)cc2C(C)(C)C1C.I. The number of unbranched alkanes of at least 4 members (excludes halogenated alkanes) is 15. The summed E-state index contributed by atoms with van der Waals surface area (Å²) in [7, 11) is 0. The zero-order valence-electron chi connectivity index (χ0n) is 22.2. The highest BCUT2D eigenvalue weighted by atomic mass is 127. The van der Waals surface area contributed by atoms with Crippen molar-refractivity contribution in [2.75, 3.05) is 11.4 Å². The van der Waals surface area contributed by atoms with E-state index in [4.69, 9.17) is 0 Å². The molecule has 0 bridgehead atoms. The topological polar surface area (TPSA) is 3.24 Å². The lowest BCUT2D eigenvalue weighted by Gasteiger charge is -2.31. The summed E-state index contributed by atoms with van der Waals surface area (Å²) < 4.78 is 0. The molecule has 186 valence electrons. The minimum atomic E-state index is 0. The van der Waals surface area contributed by atoms with Gasteiger partial charge >= 0.3 is 0 Å². The van der Waals surface area contributed by atoms with E-state index in [-0.39, 0.29) is 29.4 Å². The smallest absolute Gasteiger partial charge is 0.0407 e. The summed E-state index contributed by atoms with van der Waals surface area (Å²) in [5, 5.41) is 0. The predicted octanol–water partition coefficient (Wildman–Crippen LogP) is 10.4. The van der Waals surface area contributed by atoms with Crippen LogP contribution in [0.15, 0.2) is 18.2 Å². The van der Waals surface area contributed by atoms with Gasteiger partial charge in [-0.05, 0) is 31.9 Å². The summed E-state index contributed by atoms with van der Waals surface area (Å²) in [6.07, 6.45) is 23.0. The van der Waals surface area contributed by atoms with E-state index in [0.717, 1.165) is 0 Å². The van der Waals surface area contributed by atoms with Crippen LogP contribution in [-0.2, 0) is 5.41 Å². The van der Waals surface area contributed by atoms with Crippen molar-refractivity contribution in [3.05, 3.63) is 29.3 Å². The summed E-state index contributed by atoms with van der Waals surface area (Å²) in [5.41, 5.74) is 4.69. The molecule has 32 heavy (non-hydrogen) atoms. The minimum absolute atomic E-state index is 0. The number of anilines is 1. The van der Waals surface area contributed by atoms with Gasteiger partial charge in [-0.25, -0.2) is 0 Å². The Labute approximate surface area is 218 Å². The van der Waals surface area contributed by atoms with Gasteiger partial charge < -0.3 is 4.90 Å². The standard InChI is InChI=1S/C30H53N.HI/c1-6-7-8-9-10-11-12-13-14-15-16-17-18-19-20-21-24-31-27(3)30(4,5)28-25-26(2)22-23-29(28)31;/h22-23,25,27H,6-21,24H2,1-5H3;1H. The Morgan fingerprint density at radius 1 is 0.719 bits per heavy atom. The van der Waals surface area contributed by atoms with E-state index < -0.39 is 0 Å². The van der Waals surface area contributed by atoms with Gasteiger partial charge in [0.2, 0.25) is 0 Å². The fraction of sp³-hybridized carbons (Fsp3) is 0.800. The Bertz CT molecular complexity index is 609. The van der Waals surface area contributed by atoms with Crippen LogP contribution in [0, 0.1) is 6.92 Å². The molecule has 1 nitrogen and oxygen atoms in total. The molecule has 1 aromatic carbocycles. The van der Waals surface area contributed by atoms with E-state index >= 15 is 0 Å². The lowest BCUT2D eigenvalue weighted by molar-refractivity contribution is 0.436. The molecule has 1 unspecified atom stereocenters. The lowest BCUT2D eigenvalue weighted by Crippen LogP contribution is -2.39. The van der Waals surface area contributed by atoms with E-state index in [1.807, 2.05) is 0 Å². The number of rotatable bonds is 17. The maximum absolute atomic E-state index is 2.68. The van der Waals surface area contributed by atoms with Gasteiger partial charge in [0.1, 0.15) is 0 Å². The normalized spacial score (nSPS) is 16.8. The molecular weight excluding hydrogens is 501 g/mol. The zero-order valence-corrected chi connectivity index (χ0v) is 24.5. The molecule has 0 saturated carbocycles. The van der Waals surface area contributed by atoms with Crippen LogP contribution >= 0.6 is 24.0 Å². The van der Waals surface area contributed by atoms with Gasteiger partial charge in [-0.1, -0.05) is 135 Å². The molecule has 0 saturated heterocycles. The molecule has 1 atom stereocenters. The fourth-order valence-corrected chi connectivity index (χ4v) is 5.38. The number of fused-ring (bicyclic) bond motifs is 1. The van der Waals surface area contributed by atoms with Crippen LogP contribution in [0.5, 0.6) is 0 Å². The monoisotopic (exact) mass is 555 g/mol. The van der Waals surface area contributed by atoms with Crippen molar-refractivity contribution in [1.82, 2.24) is 0 Å². The van der Waals surface area contributed by atoms with E-state index in [1.165, 1.54) is 121 Å². The van der Waals surface area contributed by atoms with Gasteiger partial charge in [-0.3, -0.25) is 0 Å². The molecule has 0 aliphatic carbocycles. The Morgan fingerprint density at radius 2 is 1.16 bits per heavy atom. The Balaban J connectivity index is 0.00000512. The molecule has 0 fully saturated rings. The van der Waals surface area contributed by atoms with Crippen LogP contribution in [0.2, 0.25) is 0 Å². The zero-order chi connectivity index (χ0) is 22.5.